The highest BCUT2D eigenvalue weighted by atomic mass is 32.2. The molecule has 1 aromatic rings. The van der Waals surface area contributed by atoms with Crippen LogP contribution in [0.2, 0.25) is 0 Å². The van der Waals surface area contributed by atoms with Crippen LogP contribution in [0.3, 0.4) is 0 Å². The van der Waals surface area contributed by atoms with Gasteiger partial charge >= 0.3 is 0 Å². The van der Waals surface area contributed by atoms with E-state index in [2.05, 4.69) is 6.58 Å². The predicted octanol–water partition coefficient (Wildman–Crippen LogP) is 1.38. The van der Waals surface area contributed by atoms with Crippen molar-refractivity contribution in [2.24, 2.45) is 0 Å². The van der Waals surface area contributed by atoms with E-state index in [1.165, 1.54) is 6.08 Å². The van der Waals surface area contributed by atoms with Crippen molar-refractivity contribution < 1.29 is 18.0 Å². The molecule has 0 aromatic heterocycles. The number of sulfone groups is 1. The number of benzene rings is 1. The molecule has 2 aliphatic rings. The summed E-state index contributed by atoms with van der Waals surface area (Å²) in [5, 5.41) is 0. The van der Waals surface area contributed by atoms with Gasteiger partial charge in [0.05, 0.1) is 16.9 Å². The third kappa shape index (κ3) is 3.78. The molecular formula is C20H26N2O4S. The van der Waals surface area contributed by atoms with Crippen molar-refractivity contribution in [2.75, 3.05) is 31.6 Å². The second-order valence-electron chi connectivity index (χ2n) is 7.45. The van der Waals surface area contributed by atoms with Gasteiger partial charge in [-0.15, -0.1) is 0 Å². The fraction of sp³-hybridized carbons (Fsp3) is 0.500. The van der Waals surface area contributed by atoms with Gasteiger partial charge in [-0.1, -0.05) is 36.9 Å². The molecule has 3 rings (SSSR count). The standard InChI is InChI=1S/C20H26N2O4S/c1-3-18(23)22-12-10-20(11-13-22,16-7-5-4-6-8-16)19(24)21(2)17-9-14-27(25,26)15-17/h3-8,17H,1,9-15H2,2H3. The summed E-state index contributed by atoms with van der Waals surface area (Å²) < 4.78 is 23.7. The molecule has 0 saturated carbocycles. The third-order valence-corrected chi connectivity index (χ3v) is 7.67. The molecule has 6 nitrogen and oxygen atoms in total. The molecule has 0 N–H and O–H groups in total. The van der Waals surface area contributed by atoms with Gasteiger partial charge in [0.15, 0.2) is 9.84 Å². The Bertz CT molecular complexity index is 827. The minimum Gasteiger partial charge on any atom is -0.341 e. The van der Waals surface area contributed by atoms with Gasteiger partial charge in [-0.3, -0.25) is 9.59 Å². The molecule has 2 heterocycles. The van der Waals surface area contributed by atoms with E-state index >= 15 is 0 Å². The van der Waals surface area contributed by atoms with Crippen LogP contribution in [0, 0.1) is 0 Å². The Morgan fingerprint density at radius 2 is 1.85 bits per heavy atom. The molecule has 27 heavy (non-hydrogen) atoms. The van der Waals surface area contributed by atoms with E-state index in [-0.39, 0.29) is 29.4 Å². The molecule has 1 aromatic carbocycles. The van der Waals surface area contributed by atoms with Crippen LogP contribution in [0.1, 0.15) is 24.8 Å². The topological polar surface area (TPSA) is 74.8 Å². The van der Waals surface area contributed by atoms with E-state index in [1.807, 2.05) is 30.3 Å². The number of nitrogens with zero attached hydrogens (tertiary/aromatic N) is 2. The number of carbonyl (C=O) groups excluding carboxylic acids is 2. The molecule has 2 aliphatic heterocycles. The van der Waals surface area contributed by atoms with Gasteiger partial charge in [0.25, 0.3) is 0 Å². The number of likely N-dealkylation sites (N-methyl/N-ethyl adjacent to an activating group) is 1. The van der Waals surface area contributed by atoms with Gasteiger partial charge in [-0.2, -0.15) is 0 Å². The van der Waals surface area contributed by atoms with Crippen LogP contribution < -0.4 is 0 Å². The van der Waals surface area contributed by atoms with Crippen molar-refractivity contribution in [3.8, 4) is 0 Å². The summed E-state index contributed by atoms with van der Waals surface area (Å²) in [4.78, 5) is 28.9. The minimum absolute atomic E-state index is 0.0290. The Balaban J connectivity index is 1.88. The first-order chi connectivity index (χ1) is 12.8. The lowest BCUT2D eigenvalue weighted by Gasteiger charge is -2.43. The summed E-state index contributed by atoms with van der Waals surface area (Å²) in [6.07, 6.45) is 2.81. The summed E-state index contributed by atoms with van der Waals surface area (Å²) in [7, 11) is -1.36. The first-order valence-corrected chi connectivity index (χ1v) is 11.1. The molecule has 0 spiro atoms. The predicted molar refractivity (Wildman–Crippen MR) is 104 cm³/mol. The van der Waals surface area contributed by atoms with E-state index in [1.54, 1.807) is 16.8 Å². The lowest BCUT2D eigenvalue weighted by atomic mass is 9.71. The van der Waals surface area contributed by atoms with Crippen LogP contribution in [0.25, 0.3) is 0 Å². The van der Waals surface area contributed by atoms with E-state index in [4.69, 9.17) is 0 Å². The Morgan fingerprint density at radius 1 is 1.22 bits per heavy atom. The van der Waals surface area contributed by atoms with Crippen molar-refractivity contribution in [1.29, 1.82) is 0 Å². The molecule has 1 unspecified atom stereocenters. The summed E-state index contributed by atoms with van der Waals surface area (Å²) in [5.41, 5.74) is 0.189. The van der Waals surface area contributed by atoms with Crippen LogP contribution in [-0.4, -0.2) is 67.7 Å². The Kier molecular flexibility index (Phi) is 5.42. The van der Waals surface area contributed by atoms with Crippen LogP contribution in [0.15, 0.2) is 43.0 Å². The monoisotopic (exact) mass is 390 g/mol. The third-order valence-electron chi connectivity index (χ3n) is 5.92. The first kappa shape index (κ1) is 19.6. The normalized spacial score (nSPS) is 23.6. The minimum atomic E-state index is -3.07. The maximum Gasteiger partial charge on any atom is 0.245 e. The van der Waals surface area contributed by atoms with Crippen molar-refractivity contribution >= 4 is 21.7 Å². The van der Waals surface area contributed by atoms with Gasteiger partial charge in [-0.05, 0) is 30.9 Å². The molecule has 7 heteroatoms. The zero-order valence-corrected chi connectivity index (χ0v) is 16.5. The summed E-state index contributed by atoms with van der Waals surface area (Å²) in [6, 6.07) is 9.34. The van der Waals surface area contributed by atoms with Crippen LogP contribution in [0.5, 0.6) is 0 Å². The van der Waals surface area contributed by atoms with Crippen LogP contribution in [-0.2, 0) is 24.8 Å². The number of hydrogen-bond acceptors (Lipinski definition) is 4. The molecular weight excluding hydrogens is 364 g/mol. The number of carbonyl (C=O) groups is 2. The maximum atomic E-state index is 13.6. The van der Waals surface area contributed by atoms with Crippen LogP contribution in [0.4, 0.5) is 0 Å². The van der Waals surface area contributed by atoms with E-state index < -0.39 is 15.3 Å². The first-order valence-electron chi connectivity index (χ1n) is 9.24. The molecule has 0 radical (unpaired) electrons. The SMILES string of the molecule is C=CC(=O)N1CCC(C(=O)N(C)C2CCS(=O)(=O)C2)(c2ccccc2)CC1. The number of rotatable bonds is 4. The average Bonchev–Trinajstić information content (AvgIpc) is 3.06. The molecule has 146 valence electrons. The number of amides is 2. The van der Waals surface area contributed by atoms with Gasteiger partial charge in [0, 0.05) is 26.2 Å². The second-order valence-corrected chi connectivity index (χ2v) is 9.68. The molecule has 2 amide bonds. The molecule has 0 bridgehead atoms. The molecule has 0 aliphatic carbocycles. The lowest BCUT2D eigenvalue weighted by Crippen LogP contribution is -2.55. The molecule has 1 atom stereocenters. The highest BCUT2D eigenvalue weighted by molar-refractivity contribution is 7.91. The van der Waals surface area contributed by atoms with Gasteiger partial charge in [0.1, 0.15) is 0 Å². The van der Waals surface area contributed by atoms with E-state index in [9.17, 15) is 18.0 Å². The fourth-order valence-corrected chi connectivity index (χ4v) is 5.98. The molecule has 2 fully saturated rings. The number of hydrogen-bond donors (Lipinski definition) is 0. The largest absolute Gasteiger partial charge is 0.341 e. The summed E-state index contributed by atoms with van der Waals surface area (Å²) in [5.74, 6) is -0.0166. The van der Waals surface area contributed by atoms with Gasteiger partial charge in [0.2, 0.25) is 11.8 Å². The van der Waals surface area contributed by atoms with E-state index in [0.29, 0.717) is 32.4 Å². The zero-order chi connectivity index (χ0) is 19.7. The van der Waals surface area contributed by atoms with Gasteiger partial charge < -0.3 is 9.80 Å². The van der Waals surface area contributed by atoms with Crippen molar-refractivity contribution in [1.82, 2.24) is 9.80 Å². The smallest absolute Gasteiger partial charge is 0.245 e. The molecule has 2 saturated heterocycles. The summed E-state index contributed by atoms with van der Waals surface area (Å²) >= 11 is 0. The average molecular weight is 391 g/mol. The van der Waals surface area contributed by atoms with Crippen molar-refractivity contribution in [3.63, 3.8) is 0 Å². The van der Waals surface area contributed by atoms with E-state index in [0.717, 1.165) is 5.56 Å². The van der Waals surface area contributed by atoms with Crippen molar-refractivity contribution in [3.05, 3.63) is 48.6 Å². The summed E-state index contributed by atoms with van der Waals surface area (Å²) in [6.45, 7) is 4.49. The van der Waals surface area contributed by atoms with Crippen LogP contribution >= 0.6 is 0 Å². The Morgan fingerprint density at radius 3 is 2.37 bits per heavy atom. The van der Waals surface area contributed by atoms with Gasteiger partial charge in [-0.25, -0.2) is 8.42 Å². The number of likely N-dealkylation sites (tertiary alicyclic amines) is 1. The zero-order valence-electron chi connectivity index (χ0n) is 15.6. The second kappa shape index (κ2) is 7.46. The maximum absolute atomic E-state index is 13.6. The van der Waals surface area contributed by atoms with Crippen molar-refractivity contribution in [2.45, 2.75) is 30.7 Å². The fourth-order valence-electron chi connectivity index (χ4n) is 4.21. The Hall–Kier alpha value is -2.15. The lowest BCUT2D eigenvalue weighted by molar-refractivity contribution is -0.142. The number of piperidine rings is 1. The quantitative estimate of drug-likeness (QED) is 0.728. The highest BCUT2D eigenvalue weighted by Crippen LogP contribution is 2.38. The Labute approximate surface area is 160 Å². The highest BCUT2D eigenvalue weighted by Gasteiger charge is 2.47.